The standard InChI is InChI=1S/C13H12F2N2/c14-12-3-1-2-11(13(12)15)9-6-10-7-16-4-5-17(10)8-9/h1-3,6,8,16H,4-5,7H2. The van der Waals surface area contributed by atoms with E-state index in [4.69, 9.17) is 0 Å². The Morgan fingerprint density at radius 1 is 1.24 bits per heavy atom. The number of nitrogens with zero attached hydrogens (tertiary/aromatic N) is 1. The first kappa shape index (κ1) is 10.5. The van der Waals surface area contributed by atoms with Gasteiger partial charge in [0.15, 0.2) is 11.6 Å². The van der Waals surface area contributed by atoms with Crippen molar-refractivity contribution >= 4 is 0 Å². The van der Waals surface area contributed by atoms with E-state index in [-0.39, 0.29) is 0 Å². The SMILES string of the molecule is Fc1cccc(-c2cc3n(c2)CCNC3)c1F. The first-order chi connectivity index (χ1) is 8.25. The predicted octanol–water partition coefficient (Wildman–Crippen LogP) is 2.54. The topological polar surface area (TPSA) is 17.0 Å². The summed E-state index contributed by atoms with van der Waals surface area (Å²) in [4.78, 5) is 0. The van der Waals surface area contributed by atoms with Crippen LogP contribution in [0, 0.1) is 11.6 Å². The van der Waals surface area contributed by atoms with Gasteiger partial charge >= 0.3 is 0 Å². The summed E-state index contributed by atoms with van der Waals surface area (Å²) < 4.78 is 28.9. The second-order valence-corrected chi connectivity index (χ2v) is 4.19. The van der Waals surface area contributed by atoms with Gasteiger partial charge in [0.05, 0.1) is 0 Å². The van der Waals surface area contributed by atoms with Crippen molar-refractivity contribution in [2.24, 2.45) is 0 Å². The van der Waals surface area contributed by atoms with Gasteiger partial charge in [0.1, 0.15) is 0 Å². The second kappa shape index (κ2) is 3.96. The Morgan fingerprint density at radius 2 is 2.12 bits per heavy atom. The summed E-state index contributed by atoms with van der Waals surface area (Å²) >= 11 is 0. The zero-order valence-electron chi connectivity index (χ0n) is 9.21. The Labute approximate surface area is 97.9 Å². The van der Waals surface area contributed by atoms with E-state index < -0.39 is 11.6 Å². The molecule has 0 saturated carbocycles. The van der Waals surface area contributed by atoms with E-state index in [9.17, 15) is 8.78 Å². The Hall–Kier alpha value is -1.68. The lowest BCUT2D eigenvalue weighted by Gasteiger charge is -2.15. The van der Waals surface area contributed by atoms with Crippen molar-refractivity contribution in [2.45, 2.75) is 13.1 Å². The first-order valence-electron chi connectivity index (χ1n) is 5.60. The molecule has 0 radical (unpaired) electrons. The van der Waals surface area contributed by atoms with Crippen LogP contribution in [0.3, 0.4) is 0 Å². The van der Waals surface area contributed by atoms with Crippen LogP contribution in [0.2, 0.25) is 0 Å². The van der Waals surface area contributed by atoms with E-state index in [0.29, 0.717) is 5.56 Å². The first-order valence-corrected chi connectivity index (χ1v) is 5.60. The van der Waals surface area contributed by atoms with Gasteiger partial charge in [0.2, 0.25) is 0 Å². The van der Waals surface area contributed by atoms with E-state index in [1.807, 2.05) is 12.3 Å². The molecule has 1 aromatic heterocycles. The molecule has 1 aliphatic heterocycles. The van der Waals surface area contributed by atoms with E-state index >= 15 is 0 Å². The Morgan fingerprint density at radius 3 is 2.94 bits per heavy atom. The van der Waals surface area contributed by atoms with Gasteiger partial charge in [-0.25, -0.2) is 8.78 Å². The molecule has 0 amide bonds. The minimum atomic E-state index is -0.801. The highest BCUT2D eigenvalue weighted by molar-refractivity contribution is 5.64. The summed E-state index contributed by atoms with van der Waals surface area (Å²) in [6, 6.07) is 6.18. The maximum absolute atomic E-state index is 13.7. The van der Waals surface area contributed by atoms with E-state index in [1.54, 1.807) is 6.07 Å². The van der Waals surface area contributed by atoms with Crippen LogP contribution in [-0.2, 0) is 13.1 Å². The number of fused-ring (bicyclic) bond motifs is 1. The zero-order chi connectivity index (χ0) is 11.8. The van der Waals surface area contributed by atoms with E-state index in [0.717, 1.165) is 37.0 Å². The van der Waals surface area contributed by atoms with Gasteiger partial charge in [-0.15, -0.1) is 0 Å². The summed E-state index contributed by atoms with van der Waals surface area (Å²) in [6.07, 6.45) is 1.88. The highest BCUT2D eigenvalue weighted by atomic mass is 19.2. The van der Waals surface area contributed by atoms with Crippen LogP contribution in [0.5, 0.6) is 0 Å². The van der Waals surface area contributed by atoms with Crippen LogP contribution in [0.15, 0.2) is 30.5 Å². The third kappa shape index (κ3) is 1.74. The maximum atomic E-state index is 13.7. The highest BCUT2D eigenvalue weighted by Crippen LogP contribution is 2.27. The summed E-state index contributed by atoms with van der Waals surface area (Å²) in [5.41, 5.74) is 2.17. The largest absolute Gasteiger partial charge is 0.348 e. The molecular weight excluding hydrogens is 222 g/mol. The molecule has 3 rings (SSSR count). The summed E-state index contributed by atoms with van der Waals surface area (Å²) in [5, 5.41) is 3.24. The Bertz CT molecular complexity index is 537. The van der Waals surface area contributed by atoms with Gasteiger partial charge in [0, 0.05) is 42.7 Å². The van der Waals surface area contributed by atoms with Gasteiger partial charge in [-0.3, -0.25) is 0 Å². The van der Waals surface area contributed by atoms with Gasteiger partial charge in [-0.2, -0.15) is 0 Å². The minimum Gasteiger partial charge on any atom is -0.348 e. The van der Waals surface area contributed by atoms with E-state index in [2.05, 4.69) is 9.88 Å². The van der Waals surface area contributed by atoms with Gasteiger partial charge < -0.3 is 9.88 Å². The second-order valence-electron chi connectivity index (χ2n) is 4.19. The lowest BCUT2D eigenvalue weighted by atomic mass is 10.1. The fraction of sp³-hybridized carbons (Fsp3) is 0.231. The lowest BCUT2D eigenvalue weighted by Crippen LogP contribution is -2.27. The molecule has 0 fully saturated rings. The van der Waals surface area contributed by atoms with Crippen LogP contribution < -0.4 is 5.32 Å². The molecule has 1 aromatic carbocycles. The molecule has 4 heteroatoms. The van der Waals surface area contributed by atoms with E-state index in [1.165, 1.54) is 6.07 Å². The number of rotatable bonds is 1. The normalized spacial score (nSPS) is 14.7. The van der Waals surface area contributed by atoms with Crippen LogP contribution in [-0.4, -0.2) is 11.1 Å². The van der Waals surface area contributed by atoms with Crippen molar-refractivity contribution < 1.29 is 8.78 Å². The summed E-state index contributed by atoms with van der Waals surface area (Å²) in [5.74, 6) is -1.58. The van der Waals surface area contributed by atoms with Crippen molar-refractivity contribution in [3.05, 3.63) is 47.8 Å². The number of nitrogens with one attached hydrogen (secondary N) is 1. The number of hydrogen-bond donors (Lipinski definition) is 1. The molecule has 0 unspecified atom stereocenters. The van der Waals surface area contributed by atoms with Crippen LogP contribution in [0.25, 0.3) is 11.1 Å². The van der Waals surface area contributed by atoms with Crippen LogP contribution in [0.1, 0.15) is 5.69 Å². The number of halogens is 2. The molecule has 2 nitrogen and oxygen atoms in total. The predicted molar refractivity (Wildman–Crippen MR) is 61.5 cm³/mol. The lowest BCUT2D eigenvalue weighted by molar-refractivity contribution is 0.511. The highest BCUT2D eigenvalue weighted by Gasteiger charge is 2.15. The monoisotopic (exact) mass is 234 g/mol. The Balaban J connectivity index is 2.09. The smallest absolute Gasteiger partial charge is 0.166 e. The van der Waals surface area contributed by atoms with Gasteiger partial charge in [0.25, 0.3) is 0 Å². The molecule has 1 N–H and O–H groups in total. The molecule has 0 spiro atoms. The average molecular weight is 234 g/mol. The third-order valence-electron chi connectivity index (χ3n) is 3.08. The summed E-state index contributed by atoms with van der Waals surface area (Å²) in [6.45, 7) is 2.55. The third-order valence-corrected chi connectivity index (χ3v) is 3.08. The van der Waals surface area contributed by atoms with Crippen molar-refractivity contribution in [3.63, 3.8) is 0 Å². The molecule has 0 aliphatic carbocycles. The maximum Gasteiger partial charge on any atom is 0.166 e. The van der Waals surface area contributed by atoms with Crippen molar-refractivity contribution in [1.82, 2.24) is 9.88 Å². The zero-order valence-corrected chi connectivity index (χ0v) is 9.21. The molecule has 0 atom stereocenters. The molecule has 2 heterocycles. The van der Waals surface area contributed by atoms with Crippen LogP contribution >= 0.6 is 0 Å². The number of aromatic nitrogens is 1. The van der Waals surface area contributed by atoms with Gasteiger partial charge in [-0.05, 0) is 12.1 Å². The average Bonchev–Trinajstić information content (AvgIpc) is 2.76. The minimum absolute atomic E-state index is 0.326. The molecule has 0 bridgehead atoms. The number of hydrogen-bond acceptors (Lipinski definition) is 1. The van der Waals surface area contributed by atoms with Gasteiger partial charge in [-0.1, -0.05) is 12.1 Å². The number of benzene rings is 1. The van der Waals surface area contributed by atoms with Crippen LogP contribution in [0.4, 0.5) is 8.78 Å². The molecule has 17 heavy (non-hydrogen) atoms. The molecule has 0 saturated heterocycles. The fourth-order valence-corrected chi connectivity index (χ4v) is 2.20. The molecule has 1 aliphatic rings. The van der Waals surface area contributed by atoms with Crippen molar-refractivity contribution in [2.75, 3.05) is 6.54 Å². The fourth-order valence-electron chi connectivity index (χ4n) is 2.20. The quantitative estimate of drug-likeness (QED) is 0.802. The Kier molecular flexibility index (Phi) is 2.44. The molecular formula is C13H12F2N2. The van der Waals surface area contributed by atoms with Crippen molar-refractivity contribution in [3.8, 4) is 11.1 Å². The molecule has 88 valence electrons. The van der Waals surface area contributed by atoms with Crippen molar-refractivity contribution in [1.29, 1.82) is 0 Å². The summed E-state index contributed by atoms with van der Waals surface area (Å²) in [7, 11) is 0. The molecule has 2 aromatic rings.